The minimum atomic E-state index is -0.399. The van der Waals surface area contributed by atoms with Crippen molar-refractivity contribution < 1.29 is 14.3 Å². The number of anilines is 1. The lowest BCUT2D eigenvalue weighted by Crippen LogP contribution is -2.22. The number of nitrogens with one attached hydrogen (secondary N) is 1. The van der Waals surface area contributed by atoms with Crippen molar-refractivity contribution in [2.24, 2.45) is 0 Å². The molecule has 0 atom stereocenters. The van der Waals surface area contributed by atoms with Crippen LogP contribution in [0.25, 0.3) is 0 Å². The topological polar surface area (TPSA) is 55.4 Å². The molecule has 0 aliphatic rings. The summed E-state index contributed by atoms with van der Waals surface area (Å²) >= 11 is 9.10. The molecule has 1 aromatic carbocycles. The van der Waals surface area contributed by atoms with E-state index in [4.69, 9.17) is 16.3 Å². The normalized spacial score (nSPS) is 10.3. The monoisotopic (exact) mass is 369 g/mol. The zero-order valence-corrected chi connectivity index (χ0v) is 14.9. The molecule has 0 saturated heterocycles. The molecule has 0 unspecified atom stereocenters. The number of thioether (sulfide) groups is 1. The molecule has 0 radical (unpaired) electrons. The molecule has 1 aromatic heterocycles. The van der Waals surface area contributed by atoms with Gasteiger partial charge in [-0.25, -0.2) is 0 Å². The molecule has 2 rings (SSSR count). The molecule has 23 heavy (non-hydrogen) atoms. The molecule has 1 heterocycles. The van der Waals surface area contributed by atoms with Gasteiger partial charge in [0.2, 0.25) is 0 Å². The Kier molecular flexibility index (Phi) is 6.95. The largest absolute Gasteiger partial charge is 0.455 e. The number of carbonyl (C=O) groups is 2. The fraction of sp³-hybridized carbons (Fsp3) is 0.250. The van der Waals surface area contributed by atoms with Gasteiger partial charge in [0, 0.05) is 21.3 Å². The second-order valence-electron chi connectivity index (χ2n) is 4.69. The minimum absolute atomic E-state index is 0.224. The van der Waals surface area contributed by atoms with Gasteiger partial charge in [-0.15, -0.1) is 23.1 Å². The van der Waals surface area contributed by atoms with Crippen LogP contribution in [0.3, 0.4) is 0 Å². The van der Waals surface area contributed by atoms with Crippen LogP contribution in [0, 0.1) is 6.92 Å². The molecule has 0 aliphatic carbocycles. The van der Waals surface area contributed by atoms with Crippen LogP contribution in [-0.2, 0) is 20.1 Å². The van der Waals surface area contributed by atoms with Gasteiger partial charge in [0.25, 0.3) is 5.91 Å². The summed E-state index contributed by atoms with van der Waals surface area (Å²) in [7, 11) is 0. The Bertz CT molecular complexity index is 674. The van der Waals surface area contributed by atoms with Crippen LogP contribution in [0.5, 0.6) is 0 Å². The molecule has 0 aliphatic heterocycles. The molecule has 1 N–H and O–H groups in total. The van der Waals surface area contributed by atoms with Crippen LogP contribution >= 0.6 is 34.7 Å². The highest BCUT2D eigenvalue weighted by atomic mass is 35.5. The molecule has 4 nitrogen and oxygen atoms in total. The Morgan fingerprint density at radius 2 is 2.13 bits per heavy atom. The highest BCUT2D eigenvalue weighted by Gasteiger charge is 2.10. The SMILES string of the molecule is Cc1c(Cl)cccc1NC(=O)COC(=O)CSCc1cccs1. The number of halogens is 1. The van der Waals surface area contributed by atoms with Crippen molar-refractivity contribution in [3.05, 3.63) is 51.2 Å². The van der Waals surface area contributed by atoms with E-state index in [-0.39, 0.29) is 18.3 Å². The molecule has 0 bridgehead atoms. The first-order valence-corrected chi connectivity index (χ1v) is 9.28. The maximum absolute atomic E-state index is 11.8. The number of rotatable bonds is 7. The van der Waals surface area contributed by atoms with Crippen molar-refractivity contribution in [2.45, 2.75) is 12.7 Å². The maximum Gasteiger partial charge on any atom is 0.316 e. The van der Waals surface area contributed by atoms with Gasteiger partial charge >= 0.3 is 5.97 Å². The van der Waals surface area contributed by atoms with Crippen LogP contribution in [0.4, 0.5) is 5.69 Å². The van der Waals surface area contributed by atoms with Crippen LogP contribution in [0.15, 0.2) is 35.7 Å². The summed E-state index contributed by atoms with van der Waals surface area (Å²) in [6.07, 6.45) is 0. The molecule has 7 heteroatoms. The molecule has 0 fully saturated rings. The van der Waals surface area contributed by atoms with Crippen molar-refractivity contribution in [3.8, 4) is 0 Å². The first-order valence-electron chi connectivity index (χ1n) is 6.87. The van der Waals surface area contributed by atoms with Crippen LogP contribution in [0.2, 0.25) is 5.02 Å². The molecule has 2 aromatic rings. The predicted octanol–water partition coefficient (Wildman–Crippen LogP) is 4.13. The van der Waals surface area contributed by atoms with Gasteiger partial charge < -0.3 is 10.1 Å². The first-order chi connectivity index (χ1) is 11.1. The number of hydrogen-bond donors (Lipinski definition) is 1. The van der Waals surface area contributed by atoms with Gasteiger partial charge in [0.05, 0.1) is 5.75 Å². The molecule has 0 saturated carbocycles. The summed E-state index contributed by atoms with van der Waals surface area (Å²) in [6, 6.07) is 9.23. The third-order valence-electron chi connectivity index (χ3n) is 2.95. The fourth-order valence-corrected chi connectivity index (χ4v) is 3.58. The van der Waals surface area contributed by atoms with Crippen molar-refractivity contribution in [1.29, 1.82) is 0 Å². The highest BCUT2D eigenvalue weighted by molar-refractivity contribution is 7.99. The second-order valence-corrected chi connectivity index (χ2v) is 7.12. The first kappa shape index (κ1) is 17.8. The number of hydrogen-bond acceptors (Lipinski definition) is 5. The van der Waals surface area contributed by atoms with Crippen molar-refractivity contribution in [1.82, 2.24) is 0 Å². The summed E-state index contributed by atoms with van der Waals surface area (Å²) in [5, 5.41) is 5.25. The number of thiophene rings is 1. The van der Waals surface area contributed by atoms with E-state index < -0.39 is 5.97 Å². The van der Waals surface area contributed by atoms with Crippen molar-refractivity contribution >= 4 is 52.3 Å². The summed E-state index contributed by atoms with van der Waals surface area (Å²) < 4.78 is 4.96. The lowest BCUT2D eigenvalue weighted by Gasteiger charge is -2.09. The van der Waals surface area contributed by atoms with Gasteiger partial charge in [-0.2, -0.15) is 0 Å². The number of amides is 1. The van der Waals surface area contributed by atoms with E-state index in [1.807, 2.05) is 24.4 Å². The van der Waals surface area contributed by atoms with Crippen LogP contribution in [-0.4, -0.2) is 24.2 Å². The van der Waals surface area contributed by atoms with Gasteiger partial charge in [0.15, 0.2) is 6.61 Å². The summed E-state index contributed by atoms with van der Waals surface area (Å²) in [5.41, 5.74) is 1.39. The Balaban J connectivity index is 1.69. The van der Waals surface area contributed by atoms with Crippen molar-refractivity contribution in [3.63, 3.8) is 0 Å². The molecular weight excluding hydrogens is 354 g/mol. The summed E-state index contributed by atoms with van der Waals surface area (Å²) in [4.78, 5) is 24.6. The van der Waals surface area contributed by atoms with Gasteiger partial charge in [-0.3, -0.25) is 9.59 Å². The Labute approximate surface area is 148 Å². The average molecular weight is 370 g/mol. The summed E-state index contributed by atoms with van der Waals surface area (Å²) in [6.45, 7) is 1.51. The average Bonchev–Trinajstić information content (AvgIpc) is 3.03. The number of benzene rings is 1. The lowest BCUT2D eigenvalue weighted by molar-refractivity contribution is -0.144. The zero-order valence-electron chi connectivity index (χ0n) is 12.5. The Morgan fingerprint density at radius 1 is 1.30 bits per heavy atom. The van der Waals surface area contributed by atoms with E-state index in [1.54, 1.807) is 29.5 Å². The highest BCUT2D eigenvalue weighted by Crippen LogP contribution is 2.22. The van der Waals surface area contributed by atoms with Crippen molar-refractivity contribution in [2.75, 3.05) is 17.7 Å². The lowest BCUT2D eigenvalue weighted by atomic mass is 10.2. The van der Waals surface area contributed by atoms with Gasteiger partial charge in [-0.05, 0) is 36.1 Å². The van der Waals surface area contributed by atoms with E-state index in [0.29, 0.717) is 10.7 Å². The quantitative estimate of drug-likeness (QED) is 0.746. The number of carbonyl (C=O) groups excluding carboxylic acids is 2. The standard InChI is InChI=1S/C16H16ClNO3S2/c1-11-13(17)5-2-6-14(11)18-15(19)8-21-16(20)10-22-9-12-4-3-7-23-12/h2-7H,8-10H2,1H3,(H,18,19). The third-order valence-corrected chi connectivity index (χ3v) is 5.37. The summed E-state index contributed by atoms with van der Waals surface area (Å²) in [5.74, 6) is 0.207. The van der Waals surface area contributed by atoms with E-state index in [1.165, 1.54) is 16.6 Å². The predicted molar refractivity (Wildman–Crippen MR) is 96.3 cm³/mol. The fourth-order valence-electron chi connectivity index (χ4n) is 1.75. The Hall–Kier alpha value is -1.50. The van der Waals surface area contributed by atoms with Crippen LogP contribution < -0.4 is 5.32 Å². The number of ether oxygens (including phenoxy) is 1. The van der Waals surface area contributed by atoms with E-state index >= 15 is 0 Å². The molecular formula is C16H16ClNO3S2. The second kappa shape index (κ2) is 8.96. The molecule has 1 amide bonds. The van der Waals surface area contributed by atoms with Gasteiger partial charge in [0.1, 0.15) is 0 Å². The van der Waals surface area contributed by atoms with E-state index in [0.717, 1.165) is 11.3 Å². The molecule has 122 valence electrons. The minimum Gasteiger partial charge on any atom is -0.455 e. The number of esters is 1. The Morgan fingerprint density at radius 3 is 2.87 bits per heavy atom. The third kappa shape index (κ3) is 5.89. The van der Waals surface area contributed by atoms with Crippen LogP contribution in [0.1, 0.15) is 10.4 Å². The maximum atomic E-state index is 11.8. The zero-order chi connectivity index (χ0) is 16.7. The van der Waals surface area contributed by atoms with Gasteiger partial charge in [-0.1, -0.05) is 23.7 Å². The van der Waals surface area contributed by atoms with E-state index in [9.17, 15) is 9.59 Å². The smallest absolute Gasteiger partial charge is 0.316 e. The van der Waals surface area contributed by atoms with E-state index in [2.05, 4.69) is 5.32 Å². The molecule has 0 spiro atoms.